The van der Waals surface area contributed by atoms with Crippen molar-refractivity contribution in [1.82, 2.24) is 10.2 Å². The van der Waals surface area contributed by atoms with E-state index in [2.05, 4.69) is 23.5 Å². The average Bonchev–Trinajstić information content (AvgIpc) is 2.68. The molecule has 2 nitrogen and oxygen atoms in total. The SMILES string of the molecule is CSCCN(C)CC1CC2CCCCC2N1. The molecule has 16 heavy (non-hydrogen) atoms. The number of nitrogens with one attached hydrogen (secondary N) is 1. The molecular formula is C13H26N2S. The summed E-state index contributed by atoms with van der Waals surface area (Å²) < 4.78 is 0. The lowest BCUT2D eigenvalue weighted by Gasteiger charge is -2.24. The lowest BCUT2D eigenvalue weighted by Crippen LogP contribution is -2.39. The minimum atomic E-state index is 0.764. The van der Waals surface area contributed by atoms with Crippen molar-refractivity contribution in [3.8, 4) is 0 Å². The summed E-state index contributed by atoms with van der Waals surface area (Å²) in [5, 5.41) is 3.85. The molecule has 0 aromatic rings. The summed E-state index contributed by atoms with van der Waals surface area (Å²) >= 11 is 1.95. The summed E-state index contributed by atoms with van der Waals surface area (Å²) in [5.74, 6) is 2.25. The van der Waals surface area contributed by atoms with E-state index in [1.807, 2.05) is 11.8 Å². The number of thioether (sulfide) groups is 1. The number of nitrogens with zero attached hydrogens (tertiary/aromatic N) is 1. The van der Waals surface area contributed by atoms with E-state index in [4.69, 9.17) is 0 Å². The van der Waals surface area contributed by atoms with Crippen molar-refractivity contribution in [2.75, 3.05) is 32.1 Å². The third-order valence-electron chi connectivity index (χ3n) is 4.16. The maximum atomic E-state index is 3.85. The van der Waals surface area contributed by atoms with Gasteiger partial charge in [-0.3, -0.25) is 0 Å². The van der Waals surface area contributed by atoms with Gasteiger partial charge in [-0.05, 0) is 38.5 Å². The van der Waals surface area contributed by atoms with Gasteiger partial charge in [0.15, 0.2) is 0 Å². The fraction of sp³-hybridized carbons (Fsp3) is 1.00. The van der Waals surface area contributed by atoms with E-state index in [9.17, 15) is 0 Å². The highest BCUT2D eigenvalue weighted by atomic mass is 32.2. The van der Waals surface area contributed by atoms with Crippen molar-refractivity contribution in [1.29, 1.82) is 0 Å². The van der Waals surface area contributed by atoms with Gasteiger partial charge in [-0.25, -0.2) is 0 Å². The lowest BCUT2D eigenvalue weighted by atomic mass is 9.85. The second kappa shape index (κ2) is 6.27. The normalized spacial score (nSPS) is 34.3. The third kappa shape index (κ3) is 3.38. The summed E-state index contributed by atoms with van der Waals surface area (Å²) in [6.45, 7) is 2.47. The first-order chi connectivity index (χ1) is 7.79. The van der Waals surface area contributed by atoms with Gasteiger partial charge < -0.3 is 10.2 Å². The van der Waals surface area contributed by atoms with Crippen molar-refractivity contribution >= 4 is 11.8 Å². The quantitative estimate of drug-likeness (QED) is 0.796. The molecule has 1 aliphatic carbocycles. The van der Waals surface area contributed by atoms with Gasteiger partial charge in [0, 0.05) is 30.9 Å². The summed E-state index contributed by atoms with van der Waals surface area (Å²) in [5.41, 5.74) is 0. The molecule has 3 atom stereocenters. The molecule has 0 radical (unpaired) electrons. The summed E-state index contributed by atoms with van der Waals surface area (Å²) in [6, 6.07) is 1.62. The minimum Gasteiger partial charge on any atom is -0.310 e. The molecule has 1 saturated carbocycles. The lowest BCUT2D eigenvalue weighted by molar-refractivity contribution is 0.310. The monoisotopic (exact) mass is 242 g/mol. The minimum absolute atomic E-state index is 0.764. The molecular weight excluding hydrogens is 216 g/mol. The van der Waals surface area contributed by atoms with E-state index >= 15 is 0 Å². The van der Waals surface area contributed by atoms with Crippen LogP contribution in [-0.2, 0) is 0 Å². The molecule has 2 aliphatic rings. The smallest absolute Gasteiger partial charge is 0.0200 e. The topological polar surface area (TPSA) is 15.3 Å². The zero-order chi connectivity index (χ0) is 11.4. The maximum absolute atomic E-state index is 3.85. The van der Waals surface area contributed by atoms with E-state index < -0.39 is 0 Å². The Kier molecular flexibility index (Phi) is 4.98. The molecule has 1 heterocycles. The predicted molar refractivity (Wildman–Crippen MR) is 73.2 cm³/mol. The molecule has 1 N–H and O–H groups in total. The Morgan fingerprint density at radius 2 is 2.12 bits per heavy atom. The van der Waals surface area contributed by atoms with Crippen LogP contribution in [0.15, 0.2) is 0 Å². The molecule has 0 aromatic heterocycles. The molecule has 3 heteroatoms. The molecule has 0 amide bonds. The van der Waals surface area contributed by atoms with Crippen LogP contribution in [0.3, 0.4) is 0 Å². The third-order valence-corrected chi connectivity index (χ3v) is 4.75. The second-order valence-electron chi connectivity index (χ2n) is 5.51. The fourth-order valence-electron chi connectivity index (χ4n) is 3.29. The molecule has 2 rings (SSSR count). The maximum Gasteiger partial charge on any atom is 0.0200 e. The first-order valence-electron chi connectivity index (χ1n) is 6.73. The highest BCUT2D eigenvalue weighted by Gasteiger charge is 2.34. The summed E-state index contributed by atoms with van der Waals surface area (Å²) in [6.07, 6.45) is 9.43. The molecule has 1 aliphatic heterocycles. The van der Waals surface area contributed by atoms with Crippen LogP contribution in [0.5, 0.6) is 0 Å². The van der Waals surface area contributed by atoms with Gasteiger partial charge in [0.1, 0.15) is 0 Å². The van der Waals surface area contributed by atoms with Crippen molar-refractivity contribution in [2.45, 2.75) is 44.2 Å². The van der Waals surface area contributed by atoms with Crippen molar-refractivity contribution in [2.24, 2.45) is 5.92 Å². The zero-order valence-corrected chi connectivity index (χ0v) is 11.6. The first-order valence-corrected chi connectivity index (χ1v) is 8.12. The average molecular weight is 242 g/mol. The van der Waals surface area contributed by atoms with Gasteiger partial charge in [0.05, 0.1) is 0 Å². The van der Waals surface area contributed by atoms with Gasteiger partial charge in [0.25, 0.3) is 0 Å². The first kappa shape index (κ1) is 12.7. The number of hydrogen-bond acceptors (Lipinski definition) is 3. The molecule has 94 valence electrons. The van der Waals surface area contributed by atoms with Gasteiger partial charge in [-0.1, -0.05) is 12.8 Å². The largest absolute Gasteiger partial charge is 0.310 e. The second-order valence-corrected chi connectivity index (χ2v) is 6.49. The Balaban J connectivity index is 1.71. The summed E-state index contributed by atoms with van der Waals surface area (Å²) in [4.78, 5) is 2.49. The van der Waals surface area contributed by atoms with Crippen molar-refractivity contribution in [3.05, 3.63) is 0 Å². The highest BCUT2D eigenvalue weighted by molar-refractivity contribution is 7.98. The Bertz CT molecular complexity index is 196. The van der Waals surface area contributed by atoms with E-state index in [1.165, 1.54) is 50.9 Å². The van der Waals surface area contributed by atoms with Gasteiger partial charge in [-0.15, -0.1) is 0 Å². The Hall–Kier alpha value is 0.270. The standard InChI is InChI=1S/C13H26N2S/c1-15(7-8-16-2)10-12-9-11-5-3-4-6-13(11)14-12/h11-14H,3-10H2,1-2H3. The number of hydrogen-bond donors (Lipinski definition) is 1. The van der Waals surface area contributed by atoms with Crippen LogP contribution in [0.25, 0.3) is 0 Å². The Morgan fingerprint density at radius 1 is 1.31 bits per heavy atom. The van der Waals surface area contributed by atoms with Gasteiger partial charge in [0.2, 0.25) is 0 Å². The highest BCUT2D eigenvalue weighted by Crippen LogP contribution is 2.33. The number of likely N-dealkylation sites (N-methyl/N-ethyl adjacent to an activating group) is 1. The van der Waals surface area contributed by atoms with Crippen LogP contribution < -0.4 is 5.32 Å². The predicted octanol–water partition coefficient (Wildman–Crippen LogP) is 2.20. The van der Waals surface area contributed by atoms with Crippen LogP contribution in [-0.4, -0.2) is 49.1 Å². The number of fused-ring (bicyclic) bond motifs is 1. The Morgan fingerprint density at radius 3 is 2.88 bits per heavy atom. The number of rotatable bonds is 5. The van der Waals surface area contributed by atoms with E-state index in [-0.39, 0.29) is 0 Å². The van der Waals surface area contributed by atoms with E-state index in [0.717, 1.165) is 18.0 Å². The molecule has 0 spiro atoms. The van der Waals surface area contributed by atoms with Gasteiger partial charge >= 0.3 is 0 Å². The molecule has 0 bridgehead atoms. The Labute approximate surface area is 105 Å². The van der Waals surface area contributed by atoms with Crippen LogP contribution in [0.2, 0.25) is 0 Å². The van der Waals surface area contributed by atoms with E-state index in [0.29, 0.717) is 0 Å². The zero-order valence-electron chi connectivity index (χ0n) is 10.7. The fourth-order valence-corrected chi connectivity index (χ4v) is 3.78. The van der Waals surface area contributed by atoms with Crippen LogP contribution in [0.1, 0.15) is 32.1 Å². The molecule has 3 unspecified atom stereocenters. The van der Waals surface area contributed by atoms with Crippen molar-refractivity contribution < 1.29 is 0 Å². The summed E-state index contributed by atoms with van der Waals surface area (Å²) in [7, 11) is 2.26. The molecule has 1 saturated heterocycles. The van der Waals surface area contributed by atoms with Crippen molar-refractivity contribution in [3.63, 3.8) is 0 Å². The van der Waals surface area contributed by atoms with Crippen LogP contribution >= 0.6 is 11.8 Å². The van der Waals surface area contributed by atoms with E-state index in [1.54, 1.807) is 0 Å². The van der Waals surface area contributed by atoms with Gasteiger partial charge in [-0.2, -0.15) is 11.8 Å². The van der Waals surface area contributed by atoms with Crippen LogP contribution in [0.4, 0.5) is 0 Å². The molecule has 0 aromatic carbocycles. The van der Waals surface area contributed by atoms with Crippen LogP contribution in [0, 0.1) is 5.92 Å². The molecule has 2 fully saturated rings.